The van der Waals surface area contributed by atoms with Gasteiger partial charge < -0.3 is 19.7 Å². The Morgan fingerprint density at radius 1 is 1.34 bits per heavy atom. The molecule has 4 rings (SSSR count). The van der Waals surface area contributed by atoms with Crippen molar-refractivity contribution in [1.82, 2.24) is 5.32 Å². The van der Waals surface area contributed by atoms with E-state index in [0.29, 0.717) is 21.0 Å². The zero-order valence-electron chi connectivity index (χ0n) is 20.1. The molecule has 2 aromatic rings. The summed E-state index contributed by atoms with van der Waals surface area (Å²) >= 11 is 1.16. The summed E-state index contributed by atoms with van der Waals surface area (Å²) in [7, 11) is 0. The van der Waals surface area contributed by atoms with Crippen LogP contribution in [0.2, 0.25) is 0 Å². The average Bonchev–Trinajstić information content (AvgIpc) is 3.21. The Morgan fingerprint density at radius 3 is 2.66 bits per heavy atom. The van der Waals surface area contributed by atoms with Gasteiger partial charge in [-0.15, -0.1) is 11.3 Å². The van der Waals surface area contributed by atoms with Gasteiger partial charge >= 0.3 is 5.97 Å². The van der Waals surface area contributed by atoms with E-state index in [1.165, 1.54) is 4.90 Å². The molecule has 0 saturated carbocycles. The largest absolute Gasteiger partial charge is 0.462 e. The summed E-state index contributed by atoms with van der Waals surface area (Å²) in [5.74, 6) is -3.16. The summed E-state index contributed by atoms with van der Waals surface area (Å²) in [6.07, 6.45) is 0. The summed E-state index contributed by atoms with van der Waals surface area (Å²) in [5, 5.41) is 21.5. The van der Waals surface area contributed by atoms with Crippen molar-refractivity contribution in [2.24, 2.45) is 5.92 Å². The predicted molar refractivity (Wildman–Crippen MR) is 130 cm³/mol. The quantitative estimate of drug-likeness (QED) is 0.627. The molecule has 0 radical (unpaired) electrons. The lowest BCUT2D eigenvalue weighted by atomic mass is 9.68. The average molecular weight is 495 g/mol. The predicted octanol–water partition coefficient (Wildman–Crippen LogP) is 3.29. The van der Waals surface area contributed by atoms with Gasteiger partial charge in [0.25, 0.3) is 0 Å². The number of ether oxygens (including phenoxy) is 2. The van der Waals surface area contributed by atoms with Gasteiger partial charge in [0.05, 0.1) is 17.6 Å². The Balaban J connectivity index is 1.95. The number of carbonyl (C=O) groups excluding carboxylic acids is 3. The maximum atomic E-state index is 14.3. The van der Waals surface area contributed by atoms with Crippen LogP contribution in [0.5, 0.6) is 5.75 Å². The van der Waals surface area contributed by atoms with E-state index < -0.39 is 34.6 Å². The Labute approximate surface area is 207 Å². The van der Waals surface area contributed by atoms with E-state index in [9.17, 15) is 19.6 Å². The number of anilines is 1. The number of aryl methyl sites for hydroxylation is 1. The molecule has 182 valence electrons. The molecule has 2 unspecified atom stereocenters. The van der Waals surface area contributed by atoms with Crippen molar-refractivity contribution in [2.45, 2.75) is 45.6 Å². The molecule has 3 heterocycles. The highest BCUT2D eigenvalue weighted by molar-refractivity contribution is 7.13. The number of fused-ring (bicyclic) bond motifs is 4. The molecule has 0 saturated heterocycles. The second-order valence-electron chi connectivity index (χ2n) is 9.46. The Kier molecular flexibility index (Phi) is 5.93. The van der Waals surface area contributed by atoms with E-state index in [1.54, 1.807) is 38.1 Å². The summed E-state index contributed by atoms with van der Waals surface area (Å²) in [6, 6.07) is 9.01. The number of carbonyl (C=O) groups is 3. The number of hydrogen-bond donors (Lipinski definition) is 2. The van der Waals surface area contributed by atoms with Crippen LogP contribution in [0.1, 0.15) is 53.4 Å². The third kappa shape index (κ3) is 3.67. The van der Waals surface area contributed by atoms with Crippen LogP contribution < -0.4 is 15.0 Å². The lowest BCUT2D eigenvalue weighted by Crippen LogP contribution is -2.54. The summed E-state index contributed by atoms with van der Waals surface area (Å²) in [6.45, 7) is 8.80. The van der Waals surface area contributed by atoms with Gasteiger partial charge in [-0.1, -0.05) is 18.2 Å². The second kappa shape index (κ2) is 8.50. The third-order valence-corrected chi connectivity index (χ3v) is 7.15. The molecule has 1 aromatic carbocycles. The van der Waals surface area contributed by atoms with Crippen molar-refractivity contribution in [2.75, 3.05) is 18.1 Å². The van der Waals surface area contributed by atoms with Crippen LogP contribution in [0.15, 0.2) is 24.3 Å². The van der Waals surface area contributed by atoms with Crippen molar-refractivity contribution in [3.8, 4) is 11.8 Å². The highest BCUT2D eigenvalue weighted by Crippen LogP contribution is 2.58. The van der Waals surface area contributed by atoms with Gasteiger partial charge in [0.2, 0.25) is 17.7 Å². The van der Waals surface area contributed by atoms with Crippen molar-refractivity contribution in [3.63, 3.8) is 0 Å². The number of amides is 2. The molecule has 2 atom stereocenters. The number of nitriles is 1. The molecule has 0 bridgehead atoms. The van der Waals surface area contributed by atoms with Gasteiger partial charge in [-0.05, 0) is 46.2 Å². The molecular weight excluding hydrogens is 468 g/mol. The summed E-state index contributed by atoms with van der Waals surface area (Å²) in [5.41, 5.74) is -1.02. The van der Waals surface area contributed by atoms with Crippen LogP contribution in [0, 0.1) is 29.6 Å². The van der Waals surface area contributed by atoms with Crippen LogP contribution in [0.25, 0.3) is 0 Å². The molecule has 1 aromatic heterocycles. The number of nitrogens with zero attached hydrogens (tertiary/aromatic N) is 2. The molecule has 2 amide bonds. The number of nitrogens with one attached hydrogen (secondary N) is 2. The zero-order chi connectivity index (χ0) is 25.7. The number of esters is 1. The minimum absolute atomic E-state index is 0.0617. The van der Waals surface area contributed by atoms with E-state index in [2.05, 4.69) is 11.4 Å². The fourth-order valence-electron chi connectivity index (χ4n) is 4.71. The molecule has 1 spiro atoms. The highest BCUT2D eigenvalue weighted by atomic mass is 32.1. The fraction of sp³-hybridized carbons (Fsp3) is 0.400. The molecule has 0 fully saturated rings. The van der Waals surface area contributed by atoms with Crippen molar-refractivity contribution >= 4 is 40.7 Å². The fourth-order valence-corrected chi connectivity index (χ4v) is 6.01. The Bertz CT molecular complexity index is 1300. The van der Waals surface area contributed by atoms with Gasteiger partial charge in [0, 0.05) is 16.1 Å². The topological polar surface area (TPSA) is 133 Å². The smallest absolute Gasteiger partial charge is 0.343 e. The van der Waals surface area contributed by atoms with Crippen LogP contribution in [-0.4, -0.2) is 42.4 Å². The number of thiophene rings is 1. The van der Waals surface area contributed by atoms with Crippen LogP contribution in [0.4, 0.5) is 5.69 Å². The molecule has 35 heavy (non-hydrogen) atoms. The first-order chi connectivity index (χ1) is 16.5. The standard InChI is InChI=1S/C25H26N4O5S/c1-6-33-22(31)18-13(2)35-20-19(18)34-21(27)15(11-26)25(20)14-9-7-8-10-16(14)29(23(25)32)12-17(30)28-24(3,4)5/h7-10,15,27H,6,12H2,1-5H3,(H,28,30). The van der Waals surface area contributed by atoms with Crippen molar-refractivity contribution in [1.29, 1.82) is 10.7 Å². The summed E-state index contributed by atoms with van der Waals surface area (Å²) < 4.78 is 10.9. The number of benzene rings is 1. The van der Waals surface area contributed by atoms with Gasteiger partial charge in [-0.2, -0.15) is 5.26 Å². The molecule has 2 aliphatic heterocycles. The van der Waals surface area contributed by atoms with Gasteiger partial charge in [0.1, 0.15) is 23.4 Å². The summed E-state index contributed by atoms with van der Waals surface area (Å²) in [4.78, 5) is 42.1. The molecule has 10 heteroatoms. The highest BCUT2D eigenvalue weighted by Gasteiger charge is 2.64. The monoisotopic (exact) mass is 494 g/mol. The SMILES string of the molecule is CCOC(=O)c1c(C)sc2c1OC(=N)C(C#N)C21C(=O)N(CC(=O)NC(C)(C)C)c2ccccc21. The van der Waals surface area contributed by atoms with E-state index in [4.69, 9.17) is 14.9 Å². The maximum absolute atomic E-state index is 14.3. The molecule has 9 nitrogen and oxygen atoms in total. The molecular formula is C25H26N4O5S. The molecule has 2 N–H and O–H groups in total. The number of para-hydroxylation sites is 1. The van der Waals surface area contributed by atoms with E-state index in [-0.39, 0.29) is 30.4 Å². The minimum Gasteiger partial charge on any atom is -0.462 e. The van der Waals surface area contributed by atoms with Gasteiger partial charge in [-0.3, -0.25) is 15.0 Å². The van der Waals surface area contributed by atoms with Crippen LogP contribution in [0.3, 0.4) is 0 Å². The van der Waals surface area contributed by atoms with Crippen LogP contribution in [-0.2, 0) is 19.7 Å². The van der Waals surface area contributed by atoms with E-state index >= 15 is 0 Å². The number of rotatable bonds is 4. The molecule has 2 aliphatic rings. The lowest BCUT2D eigenvalue weighted by molar-refractivity contribution is -0.126. The second-order valence-corrected chi connectivity index (χ2v) is 10.7. The van der Waals surface area contributed by atoms with Gasteiger partial charge in [-0.25, -0.2) is 4.79 Å². The first-order valence-electron chi connectivity index (χ1n) is 11.2. The third-order valence-electron chi connectivity index (χ3n) is 5.93. The first kappa shape index (κ1) is 24.4. The Morgan fingerprint density at radius 2 is 2.03 bits per heavy atom. The van der Waals surface area contributed by atoms with Crippen molar-refractivity contribution in [3.05, 3.63) is 45.1 Å². The minimum atomic E-state index is -1.63. The molecule has 0 aliphatic carbocycles. The van der Waals surface area contributed by atoms with E-state index in [1.807, 2.05) is 20.8 Å². The first-order valence-corrected chi connectivity index (χ1v) is 12.0. The normalized spacial score (nSPS) is 20.7. The van der Waals surface area contributed by atoms with E-state index in [0.717, 1.165) is 11.3 Å². The Hall–Kier alpha value is -3.71. The maximum Gasteiger partial charge on any atom is 0.343 e. The van der Waals surface area contributed by atoms with Gasteiger partial charge in [0.15, 0.2) is 5.75 Å². The lowest BCUT2D eigenvalue weighted by Gasteiger charge is -2.36. The van der Waals surface area contributed by atoms with Crippen molar-refractivity contribution < 1.29 is 23.9 Å². The number of hydrogen-bond acceptors (Lipinski definition) is 8. The van der Waals surface area contributed by atoms with Crippen LogP contribution >= 0.6 is 11.3 Å². The zero-order valence-corrected chi connectivity index (χ0v) is 21.0.